The molecule has 2 aromatic carbocycles. The van der Waals surface area contributed by atoms with E-state index in [1.165, 1.54) is 18.2 Å². The van der Waals surface area contributed by atoms with Gasteiger partial charge in [0.2, 0.25) is 9.84 Å². The van der Waals surface area contributed by atoms with Gasteiger partial charge in [-0.3, -0.25) is 0 Å². The molecule has 3 aromatic rings. The summed E-state index contributed by atoms with van der Waals surface area (Å²) in [6.45, 7) is 0. The van der Waals surface area contributed by atoms with E-state index in [9.17, 15) is 8.42 Å². The third kappa shape index (κ3) is 2.63. The monoisotopic (exact) mass is 353 g/mol. The minimum absolute atomic E-state index is 0.128. The van der Waals surface area contributed by atoms with Gasteiger partial charge in [0.1, 0.15) is 5.69 Å². The van der Waals surface area contributed by atoms with Gasteiger partial charge in [-0.25, -0.2) is 8.42 Å². The molecule has 0 fully saturated rings. The van der Waals surface area contributed by atoms with Gasteiger partial charge in [0.15, 0.2) is 0 Å². The number of hydrogen-bond donors (Lipinski definition) is 0. The molecule has 0 spiro atoms. The highest BCUT2D eigenvalue weighted by Gasteiger charge is 2.24. The Kier molecular flexibility index (Phi) is 3.95. The Balaban J connectivity index is 2.09. The molecule has 0 aliphatic heterocycles. The zero-order valence-corrected chi connectivity index (χ0v) is 13.4. The average Bonchev–Trinajstić information content (AvgIpc) is 2.98. The zero-order valence-electron chi connectivity index (χ0n) is 11.0. The lowest BCUT2D eigenvalue weighted by Crippen LogP contribution is -1.99. The second-order valence-electron chi connectivity index (χ2n) is 4.44. The third-order valence-corrected chi connectivity index (χ3v) is 5.27. The Bertz CT molecular complexity index is 901. The largest absolute Gasteiger partial charge is 0.344 e. The van der Waals surface area contributed by atoms with Crippen LogP contribution in [0.4, 0.5) is 0 Å². The fraction of sp³-hybridized carbons (Fsp3) is 0. The average molecular weight is 354 g/mol. The third-order valence-electron chi connectivity index (χ3n) is 3.03. The predicted molar refractivity (Wildman–Crippen MR) is 83.9 cm³/mol. The number of hydrogen-bond acceptors (Lipinski definition) is 4. The SMILES string of the molecule is O=S(=O)(c1ccccc1)c1cc(-c2c(Cl)cccc2Cl)no1. The molecule has 0 N–H and O–H groups in total. The van der Waals surface area contributed by atoms with Crippen LogP contribution < -0.4 is 0 Å². The van der Waals surface area contributed by atoms with Crippen LogP contribution in [0.3, 0.4) is 0 Å². The molecule has 0 atom stereocenters. The predicted octanol–water partition coefficient (Wildman–Crippen LogP) is 4.48. The highest BCUT2D eigenvalue weighted by Crippen LogP contribution is 2.35. The van der Waals surface area contributed by atoms with Crippen molar-refractivity contribution in [1.82, 2.24) is 5.16 Å². The summed E-state index contributed by atoms with van der Waals surface area (Å²) >= 11 is 12.2. The number of benzene rings is 2. The molecular weight excluding hydrogens is 345 g/mol. The molecule has 0 bridgehead atoms. The number of halogens is 2. The first-order valence-corrected chi connectivity index (χ1v) is 8.45. The summed E-state index contributed by atoms with van der Waals surface area (Å²) in [4.78, 5) is 0.128. The molecule has 22 heavy (non-hydrogen) atoms. The van der Waals surface area contributed by atoms with E-state index >= 15 is 0 Å². The van der Waals surface area contributed by atoms with Gasteiger partial charge in [0, 0.05) is 11.6 Å². The van der Waals surface area contributed by atoms with E-state index < -0.39 is 9.84 Å². The van der Waals surface area contributed by atoms with Crippen LogP contribution in [0.25, 0.3) is 11.3 Å². The lowest BCUT2D eigenvalue weighted by molar-refractivity contribution is 0.341. The first-order chi connectivity index (χ1) is 10.5. The Morgan fingerprint density at radius 2 is 1.55 bits per heavy atom. The van der Waals surface area contributed by atoms with E-state index in [4.69, 9.17) is 27.7 Å². The van der Waals surface area contributed by atoms with E-state index in [-0.39, 0.29) is 15.7 Å². The molecular formula is C15H9Cl2NO3S. The van der Waals surface area contributed by atoms with Gasteiger partial charge < -0.3 is 4.52 Å². The number of sulfone groups is 1. The lowest BCUT2D eigenvalue weighted by Gasteiger charge is -2.01. The molecule has 0 saturated heterocycles. The van der Waals surface area contributed by atoms with Crippen LogP contribution in [0.2, 0.25) is 10.0 Å². The number of nitrogens with zero attached hydrogens (tertiary/aromatic N) is 1. The van der Waals surface area contributed by atoms with Gasteiger partial charge in [0.25, 0.3) is 5.09 Å². The second-order valence-corrected chi connectivity index (χ2v) is 7.14. The fourth-order valence-electron chi connectivity index (χ4n) is 1.96. The Hall–Kier alpha value is -1.82. The van der Waals surface area contributed by atoms with Crippen molar-refractivity contribution < 1.29 is 12.9 Å². The highest BCUT2D eigenvalue weighted by atomic mass is 35.5. The summed E-state index contributed by atoms with van der Waals surface area (Å²) in [5, 5.41) is 4.25. The summed E-state index contributed by atoms with van der Waals surface area (Å²) < 4.78 is 29.9. The maximum atomic E-state index is 12.4. The molecule has 0 unspecified atom stereocenters. The van der Waals surface area contributed by atoms with E-state index in [1.54, 1.807) is 36.4 Å². The van der Waals surface area contributed by atoms with Crippen LogP contribution >= 0.6 is 23.2 Å². The molecule has 1 heterocycles. The standard InChI is InChI=1S/C15H9Cl2NO3S/c16-11-7-4-8-12(17)15(11)13-9-14(21-18-13)22(19,20)10-5-2-1-3-6-10/h1-9H. The molecule has 0 aliphatic rings. The topological polar surface area (TPSA) is 60.2 Å². The van der Waals surface area contributed by atoms with Crippen molar-refractivity contribution in [2.45, 2.75) is 9.99 Å². The smallest absolute Gasteiger partial charge is 0.256 e. The Labute approximate surface area is 137 Å². The van der Waals surface area contributed by atoms with Gasteiger partial charge in [-0.2, -0.15) is 0 Å². The van der Waals surface area contributed by atoms with Gasteiger partial charge in [0.05, 0.1) is 14.9 Å². The van der Waals surface area contributed by atoms with Crippen molar-refractivity contribution in [3.8, 4) is 11.3 Å². The molecule has 0 saturated carbocycles. The van der Waals surface area contributed by atoms with Crippen molar-refractivity contribution in [3.63, 3.8) is 0 Å². The fourth-order valence-corrected chi connectivity index (χ4v) is 3.70. The molecule has 4 nitrogen and oxygen atoms in total. The van der Waals surface area contributed by atoms with Crippen LogP contribution in [0.5, 0.6) is 0 Å². The normalized spacial score (nSPS) is 11.5. The molecule has 1 aromatic heterocycles. The summed E-state index contributed by atoms with van der Waals surface area (Å²) in [6, 6.07) is 14.3. The quantitative estimate of drug-likeness (QED) is 0.696. The maximum absolute atomic E-state index is 12.4. The van der Waals surface area contributed by atoms with Crippen molar-refractivity contribution in [2.24, 2.45) is 0 Å². The van der Waals surface area contributed by atoms with Crippen LogP contribution in [0.1, 0.15) is 0 Å². The molecule has 0 amide bonds. The van der Waals surface area contributed by atoms with E-state index in [1.807, 2.05) is 0 Å². The Morgan fingerprint density at radius 3 is 2.18 bits per heavy atom. The van der Waals surface area contributed by atoms with Crippen LogP contribution in [-0.4, -0.2) is 13.6 Å². The zero-order chi connectivity index (χ0) is 15.7. The lowest BCUT2D eigenvalue weighted by atomic mass is 10.1. The van der Waals surface area contributed by atoms with Crippen LogP contribution in [0, 0.1) is 0 Å². The van der Waals surface area contributed by atoms with E-state index in [0.29, 0.717) is 15.6 Å². The molecule has 7 heteroatoms. The molecule has 0 radical (unpaired) electrons. The first-order valence-electron chi connectivity index (χ1n) is 6.21. The summed E-state index contributed by atoms with van der Waals surface area (Å²) in [6.07, 6.45) is 0. The van der Waals surface area contributed by atoms with Gasteiger partial charge in [-0.1, -0.05) is 52.6 Å². The maximum Gasteiger partial charge on any atom is 0.256 e. The summed E-state index contributed by atoms with van der Waals surface area (Å²) in [5.74, 6) is 0. The Morgan fingerprint density at radius 1 is 0.909 bits per heavy atom. The molecule has 3 rings (SSSR count). The van der Waals surface area contributed by atoms with Gasteiger partial charge in [-0.15, -0.1) is 0 Å². The van der Waals surface area contributed by atoms with Crippen LogP contribution in [0.15, 0.2) is 69.1 Å². The number of rotatable bonds is 3. The minimum Gasteiger partial charge on any atom is -0.344 e. The molecule has 112 valence electrons. The minimum atomic E-state index is -3.77. The first kappa shape index (κ1) is 15.1. The summed E-state index contributed by atoms with van der Waals surface area (Å²) in [5.41, 5.74) is 0.703. The second kappa shape index (κ2) is 5.76. The molecule has 0 aliphatic carbocycles. The highest BCUT2D eigenvalue weighted by molar-refractivity contribution is 7.91. The van der Waals surface area contributed by atoms with Crippen molar-refractivity contribution in [2.75, 3.05) is 0 Å². The van der Waals surface area contributed by atoms with E-state index in [2.05, 4.69) is 5.16 Å². The van der Waals surface area contributed by atoms with Crippen molar-refractivity contribution in [1.29, 1.82) is 0 Å². The number of aromatic nitrogens is 1. The van der Waals surface area contributed by atoms with Gasteiger partial charge >= 0.3 is 0 Å². The van der Waals surface area contributed by atoms with Crippen LogP contribution in [-0.2, 0) is 9.84 Å². The van der Waals surface area contributed by atoms with Crippen molar-refractivity contribution in [3.05, 3.63) is 64.6 Å². The van der Waals surface area contributed by atoms with Gasteiger partial charge in [-0.05, 0) is 24.3 Å². The van der Waals surface area contributed by atoms with Crippen molar-refractivity contribution >= 4 is 33.0 Å². The summed E-state index contributed by atoms with van der Waals surface area (Å²) in [7, 11) is -3.77. The van der Waals surface area contributed by atoms with E-state index in [0.717, 1.165) is 0 Å².